The third kappa shape index (κ3) is 6.29. The van der Waals surface area contributed by atoms with E-state index < -0.39 is 0 Å². The quantitative estimate of drug-likeness (QED) is 0.152. The minimum atomic E-state index is 1.10. The second-order valence-electron chi connectivity index (χ2n) is 14.8. The first-order chi connectivity index (χ1) is 27.5. The molecule has 56 heavy (non-hydrogen) atoms. The van der Waals surface area contributed by atoms with E-state index in [1.807, 2.05) is 0 Å². The Morgan fingerprint density at radius 3 is 1.34 bits per heavy atom. The van der Waals surface area contributed by atoms with Gasteiger partial charge in [-0.1, -0.05) is 140 Å². The Bertz CT molecular complexity index is 2730. The number of aromatic nitrogens is 1. The van der Waals surface area contributed by atoms with E-state index in [0.29, 0.717) is 0 Å². The second kappa shape index (κ2) is 14.7. The van der Waals surface area contributed by atoms with E-state index in [4.69, 9.17) is 0 Å². The number of fused-ring (bicyclic) bond motifs is 1. The summed E-state index contributed by atoms with van der Waals surface area (Å²) in [6.07, 6.45) is 0. The van der Waals surface area contributed by atoms with Gasteiger partial charge in [-0.25, -0.2) is 0 Å². The summed E-state index contributed by atoms with van der Waals surface area (Å²) < 4.78 is 2.43. The maximum absolute atomic E-state index is 2.43. The molecule has 0 spiro atoms. The number of benzene rings is 8. The number of aryl methyl sites for hydroxylation is 4. The van der Waals surface area contributed by atoms with Crippen LogP contribution in [0.1, 0.15) is 22.3 Å². The first-order valence-electron chi connectivity index (χ1n) is 19.4. The van der Waals surface area contributed by atoms with Crippen LogP contribution < -0.4 is 4.90 Å². The maximum Gasteiger partial charge on any atom is 0.0619 e. The predicted molar refractivity (Wildman–Crippen MR) is 239 cm³/mol. The van der Waals surface area contributed by atoms with Crippen LogP contribution in [0, 0.1) is 27.7 Å². The lowest BCUT2D eigenvalue weighted by atomic mass is 9.95. The molecule has 9 rings (SSSR count). The lowest BCUT2D eigenvalue weighted by molar-refractivity contribution is 1.13. The minimum absolute atomic E-state index is 1.10. The summed E-state index contributed by atoms with van der Waals surface area (Å²) in [7, 11) is 0. The highest BCUT2D eigenvalue weighted by atomic mass is 15.1. The Morgan fingerprint density at radius 2 is 0.804 bits per heavy atom. The lowest BCUT2D eigenvalue weighted by Gasteiger charge is -2.28. The van der Waals surface area contributed by atoms with E-state index in [1.165, 1.54) is 77.8 Å². The molecule has 9 aromatic rings. The van der Waals surface area contributed by atoms with Gasteiger partial charge in [-0.15, -0.1) is 0 Å². The Labute approximate surface area is 330 Å². The van der Waals surface area contributed by atoms with Crippen molar-refractivity contribution in [1.29, 1.82) is 0 Å². The topological polar surface area (TPSA) is 8.17 Å². The van der Waals surface area contributed by atoms with E-state index >= 15 is 0 Å². The second-order valence-corrected chi connectivity index (χ2v) is 14.8. The number of nitrogens with zero attached hydrogens (tertiary/aromatic N) is 2. The number of rotatable bonds is 8. The molecular weight excluding hydrogens is 677 g/mol. The summed E-state index contributed by atoms with van der Waals surface area (Å²) in [4.78, 5) is 2.40. The van der Waals surface area contributed by atoms with Crippen LogP contribution in [0.25, 0.3) is 61.2 Å². The highest BCUT2D eigenvalue weighted by Crippen LogP contribution is 2.44. The molecule has 8 aromatic carbocycles. The zero-order valence-electron chi connectivity index (χ0n) is 32.4. The van der Waals surface area contributed by atoms with Crippen molar-refractivity contribution in [2.75, 3.05) is 4.90 Å². The average Bonchev–Trinajstić information content (AvgIpc) is 3.58. The summed E-state index contributed by atoms with van der Waals surface area (Å²) >= 11 is 0. The lowest BCUT2D eigenvalue weighted by Crippen LogP contribution is -2.11. The molecule has 0 aliphatic heterocycles. The summed E-state index contributed by atoms with van der Waals surface area (Å²) in [5.41, 5.74) is 20.6. The smallest absolute Gasteiger partial charge is 0.0619 e. The Hall–Kier alpha value is -6.90. The molecule has 0 N–H and O–H groups in total. The fourth-order valence-electron chi connectivity index (χ4n) is 8.40. The standard InChI is InChI=1S/C54H44N2/c1-37-17-11-13-23-47(37)49-33-31-45(35-39(49)3)55(46-32-34-50(40(4)36-46)48-24-14-12-18-38(48)2)43-27-29-44(30-28-43)56-52-26-16-15-25-51(52)53(41-19-7-5-8-20-41)54(56)42-21-9-6-10-22-42/h5-36H,1-4H3. The fraction of sp³-hybridized carbons (Fsp3) is 0.0741. The summed E-state index contributed by atoms with van der Waals surface area (Å²) in [5.74, 6) is 0. The molecule has 0 bridgehead atoms. The van der Waals surface area contributed by atoms with E-state index in [0.717, 1.165) is 22.7 Å². The van der Waals surface area contributed by atoms with E-state index in [1.54, 1.807) is 0 Å². The number of para-hydroxylation sites is 1. The van der Waals surface area contributed by atoms with Crippen LogP contribution in [0.2, 0.25) is 0 Å². The van der Waals surface area contributed by atoms with Gasteiger partial charge in [0, 0.05) is 33.7 Å². The molecule has 0 saturated heterocycles. The van der Waals surface area contributed by atoms with E-state index in [-0.39, 0.29) is 0 Å². The van der Waals surface area contributed by atoms with Crippen molar-refractivity contribution in [3.05, 3.63) is 216 Å². The van der Waals surface area contributed by atoms with Crippen molar-refractivity contribution in [3.8, 4) is 50.3 Å². The highest BCUT2D eigenvalue weighted by molar-refractivity contribution is 6.05. The molecule has 270 valence electrons. The van der Waals surface area contributed by atoms with Crippen LogP contribution in [0.15, 0.2) is 194 Å². The van der Waals surface area contributed by atoms with Crippen LogP contribution in [-0.2, 0) is 0 Å². The van der Waals surface area contributed by atoms with Crippen LogP contribution in [0.3, 0.4) is 0 Å². The molecule has 0 aliphatic rings. The molecular formula is C54H44N2. The number of hydrogen-bond acceptors (Lipinski definition) is 1. The van der Waals surface area contributed by atoms with Gasteiger partial charge in [0.2, 0.25) is 0 Å². The molecule has 1 heterocycles. The van der Waals surface area contributed by atoms with Crippen LogP contribution in [0.5, 0.6) is 0 Å². The third-order valence-corrected chi connectivity index (χ3v) is 11.2. The Kier molecular flexibility index (Phi) is 9.17. The highest BCUT2D eigenvalue weighted by Gasteiger charge is 2.22. The molecule has 0 atom stereocenters. The van der Waals surface area contributed by atoms with E-state index in [9.17, 15) is 0 Å². The Morgan fingerprint density at radius 1 is 0.357 bits per heavy atom. The van der Waals surface area contributed by atoms with Gasteiger partial charge in [0.15, 0.2) is 0 Å². The molecule has 0 amide bonds. The first-order valence-corrected chi connectivity index (χ1v) is 19.4. The molecule has 1 aromatic heterocycles. The normalized spacial score (nSPS) is 11.2. The summed E-state index contributed by atoms with van der Waals surface area (Å²) in [5, 5.41) is 1.23. The summed E-state index contributed by atoms with van der Waals surface area (Å²) in [6, 6.07) is 70.5. The number of anilines is 3. The SMILES string of the molecule is Cc1ccccc1-c1ccc(N(c2ccc(-n3c(-c4ccccc4)c(-c4ccccc4)c4ccccc43)cc2)c2ccc(-c3ccccc3C)c(C)c2)cc1C. The van der Waals surface area contributed by atoms with Crippen LogP contribution in [0.4, 0.5) is 17.1 Å². The van der Waals surface area contributed by atoms with Crippen LogP contribution >= 0.6 is 0 Å². The molecule has 2 heteroatoms. The van der Waals surface area contributed by atoms with Gasteiger partial charge >= 0.3 is 0 Å². The fourth-order valence-corrected chi connectivity index (χ4v) is 8.40. The molecule has 0 radical (unpaired) electrons. The number of hydrogen-bond donors (Lipinski definition) is 0. The third-order valence-electron chi connectivity index (χ3n) is 11.2. The van der Waals surface area contributed by atoms with Gasteiger partial charge in [0.1, 0.15) is 0 Å². The molecule has 0 fully saturated rings. The van der Waals surface area contributed by atoms with Gasteiger partial charge in [-0.3, -0.25) is 0 Å². The van der Waals surface area contributed by atoms with Gasteiger partial charge in [0.05, 0.1) is 11.2 Å². The maximum atomic E-state index is 2.43. The van der Waals surface area contributed by atoms with Gasteiger partial charge in [-0.2, -0.15) is 0 Å². The monoisotopic (exact) mass is 720 g/mol. The molecule has 0 aliphatic carbocycles. The zero-order chi connectivity index (χ0) is 38.2. The molecule has 0 unspecified atom stereocenters. The van der Waals surface area contributed by atoms with E-state index in [2.05, 4.69) is 231 Å². The largest absolute Gasteiger partial charge is 0.310 e. The van der Waals surface area contributed by atoms with Crippen molar-refractivity contribution in [2.45, 2.75) is 27.7 Å². The van der Waals surface area contributed by atoms with Crippen molar-refractivity contribution < 1.29 is 0 Å². The Balaban J connectivity index is 1.21. The minimum Gasteiger partial charge on any atom is -0.310 e. The first kappa shape index (κ1) is 34.8. The van der Waals surface area contributed by atoms with Crippen molar-refractivity contribution in [1.82, 2.24) is 4.57 Å². The van der Waals surface area contributed by atoms with Gasteiger partial charge < -0.3 is 9.47 Å². The van der Waals surface area contributed by atoms with Gasteiger partial charge in [0.25, 0.3) is 0 Å². The van der Waals surface area contributed by atoms with Gasteiger partial charge in [-0.05, 0) is 138 Å². The zero-order valence-corrected chi connectivity index (χ0v) is 32.4. The van der Waals surface area contributed by atoms with Crippen molar-refractivity contribution >= 4 is 28.0 Å². The van der Waals surface area contributed by atoms with Crippen molar-refractivity contribution in [2.24, 2.45) is 0 Å². The van der Waals surface area contributed by atoms with Crippen LogP contribution in [-0.4, -0.2) is 4.57 Å². The van der Waals surface area contributed by atoms with Crippen molar-refractivity contribution in [3.63, 3.8) is 0 Å². The molecule has 0 saturated carbocycles. The molecule has 2 nitrogen and oxygen atoms in total. The predicted octanol–water partition coefficient (Wildman–Crippen LogP) is 15.0. The average molecular weight is 721 g/mol. The summed E-state index contributed by atoms with van der Waals surface area (Å²) in [6.45, 7) is 8.84.